The van der Waals surface area contributed by atoms with E-state index < -0.39 is 0 Å². The minimum atomic E-state index is -0.104. The number of amides is 1. The van der Waals surface area contributed by atoms with Crippen molar-refractivity contribution in [1.82, 2.24) is 5.32 Å². The van der Waals surface area contributed by atoms with Crippen molar-refractivity contribution in [1.29, 1.82) is 0 Å². The molecule has 0 radical (unpaired) electrons. The number of amidine groups is 1. The van der Waals surface area contributed by atoms with Gasteiger partial charge in [0.15, 0.2) is 5.17 Å². The third-order valence-electron chi connectivity index (χ3n) is 4.20. The van der Waals surface area contributed by atoms with Crippen molar-refractivity contribution in [3.05, 3.63) is 68.0 Å². The lowest BCUT2D eigenvalue weighted by Crippen LogP contribution is -2.19. The van der Waals surface area contributed by atoms with Gasteiger partial charge in [0.05, 0.1) is 10.6 Å². The molecule has 0 aromatic heterocycles. The highest BCUT2D eigenvalue weighted by molar-refractivity contribution is 9.10. The van der Waals surface area contributed by atoms with Crippen LogP contribution >= 0.6 is 27.7 Å². The number of nitrogens with zero attached hydrogens (tertiary/aromatic N) is 1. The zero-order chi connectivity index (χ0) is 18.8. The molecule has 2 aromatic rings. The second-order valence-corrected chi connectivity index (χ2v) is 8.52. The Morgan fingerprint density at radius 1 is 1.12 bits per heavy atom. The van der Waals surface area contributed by atoms with Crippen LogP contribution < -0.4 is 5.32 Å². The fourth-order valence-corrected chi connectivity index (χ4v) is 3.78. The molecule has 3 nitrogen and oxygen atoms in total. The van der Waals surface area contributed by atoms with Crippen molar-refractivity contribution in [3.8, 4) is 0 Å². The molecule has 1 aliphatic rings. The van der Waals surface area contributed by atoms with Gasteiger partial charge in [-0.1, -0.05) is 54.0 Å². The first-order valence-electron chi connectivity index (χ1n) is 8.50. The monoisotopic (exact) mass is 428 g/mol. The van der Waals surface area contributed by atoms with Crippen molar-refractivity contribution < 1.29 is 4.79 Å². The van der Waals surface area contributed by atoms with Crippen LogP contribution in [0.25, 0.3) is 6.08 Å². The van der Waals surface area contributed by atoms with E-state index in [0.717, 1.165) is 26.9 Å². The third-order valence-corrected chi connectivity index (χ3v) is 6.36. The molecule has 5 heteroatoms. The lowest BCUT2D eigenvalue weighted by molar-refractivity contribution is -0.115. The first-order chi connectivity index (χ1) is 12.3. The second kappa shape index (κ2) is 7.80. The van der Waals surface area contributed by atoms with E-state index in [4.69, 9.17) is 0 Å². The van der Waals surface area contributed by atoms with Crippen LogP contribution in [0.5, 0.6) is 0 Å². The Morgan fingerprint density at radius 3 is 2.31 bits per heavy atom. The Bertz CT molecular complexity index is 891. The van der Waals surface area contributed by atoms with Crippen molar-refractivity contribution >= 4 is 50.5 Å². The molecule has 0 unspecified atom stereocenters. The predicted octanol–water partition coefficient (Wildman–Crippen LogP) is 6.08. The Morgan fingerprint density at radius 2 is 1.73 bits per heavy atom. The van der Waals surface area contributed by atoms with Gasteiger partial charge in [0.25, 0.3) is 5.91 Å². The smallest absolute Gasteiger partial charge is 0.264 e. The predicted molar refractivity (Wildman–Crippen MR) is 115 cm³/mol. The number of aliphatic imine (C=N–C) groups is 1. The molecule has 0 spiro atoms. The molecule has 0 saturated carbocycles. The number of halogens is 1. The quantitative estimate of drug-likeness (QED) is 0.601. The highest BCUT2D eigenvalue weighted by atomic mass is 79.9. The summed E-state index contributed by atoms with van der Waals surface area (Å²) in [5, 5.41) is 3.46. The van der Waals surface area contributed by atoms with Gasteiger partial charge >= 0.3 is 0 Å². The molecule has 2 aromatic carbocycles. The van der Waals surface area contributed by atoms with E-state index in [-0.39, 0.29) is 5.91 Å². The molecule has 1 saturated heterocycles. The van der Waals surface area contributed by atoms with Crippen LogP contribution in [0.3, 0.4) is 0 Å². The Labute approximate surface area is 167 Å². The number of carbonyl (C=O) groups excluding carboxylic acids is 1. The van der Waals surface area contributed by atoms with Gasteiger partial charge in [-0.2, -0.15) is 0 Å². The summed E-state index contributed by atoms with van der Waals surface area (Å²) in [6, 6.07) is 12.3. The van der Waals surface area contributed by atoms with Gasteiger partial charge in [-0.3, -0.25) is 4.79 Å². The van der Waals surface area contributed by atoms with E-state index >= 15 is 0 Å². The molecule has 1 N–H and O–H groups in total. The number of hydrogen-bond acceptors (Lipinski definition) is 3. The normalized spacial score (nSPS) is 17.4. The number of benzene rings is 2. The van der Waals surface area contributed by atoms with Gasteiger partial charge in [-0.25, -0.2) is 4.99 Å². The summed E-state index contributed by atoms with van der Waals surface area (Å²) in [6.07, 6.45) is 1.91. The van der Waals surface area contributed by atoms with Crippen molar-refractivity contribution in [2.24, 2.45) is 4.99 Å². The molecule has 1 amide bonds. The first kappa shape index (κ1) is 18.9. The molecular formula is C21H21BrN2OS. The van der Waals surface area contributed by atoms with Crippen molar-refractivity contribution in [2.45, 2.75) is 33.6 Å². The summed E-state index contributed by atoms with van der Waals surface area (Å²) in [4.78, 5) is 17.5. The molecule has 0 bridgehead atoms. The van der Waals surface area contributed by atoms with Crippen LogP contribution in [-0.2, 0) is 4.79 Å². The Kier molecular flexibility index (Phi) is 5.68. The SMILES string of the molecule is Cc1cc(N=C2NC(=O)/C(=C/c3ccc(C(C)C)cc3)S2)cc(C)c1Br. The largest absolute Gasteiger partial charge is 0.300 e. The standard InChI is InChI=1S/C21H21BrN2OS/c1-12(2)16-7-5-15(6-8-16)11-18-20(25)24-21(26-18)23-17-9-13(3)19(22)14(4)10-17/h5-12H,1-4H3,(H,23,24,25)/b18-11-. The topological polar surface area (TPSA) is 41.5 Å². The number of carbonyl (C=O) groups is 1. The number of nitrogens with one attached hydrogen (secondary N) is 1. The minimum Gasteiger partial charge on any atom is -0.300 e. The van der Waals surface area contributed by atoms with Crippen LogP contribution in [0.15, 0.2) is 50.8 Å². The lowest BCUT2D eigenvalue weighted by atomic mass is 10.0. The molecular weight excluding hydrogens is 408 g/mol. The lowest BCUT2D eigenvalue weighted by Gasteiger charge is -2.05. The van der Waals surface area contributed by atoms with Gasteiger partial charge < -0.3 is 5.32 Å². The van der Waals surface area contributed by atoms with Crippen molar-refractivity contribution in [2.75, 3.05) is 0 Å². The van der Waals surface area contributed by atoms with E-state index in [1.54, 1.807) is 0 Å². The van der Waals surface area contributed by atoms with E-state index in [0.29, 0.717) is 16.0 Å². The van der Waals surface area contributed by atoms with Crippen LogP contribution in [0.2, 0.25) is 0 Å². The van der Waals surface area contributed by atoms with Crippen molar-refractivity contribution in [3.63, 3.8) is 0 Å². The number of aryl methyl sites for hydroxylation is 2. The average molecular weight is 429 g/mol. The maximum Gasteiger partial charge on any atom is 0.264 e. The van der Waals surface area contributed by atoms with Gasteiger partial charge in [0.2, 0.25) is 0 Å². The van der Waals surface area contributed by atoms with E-state index in [1.807, 2.05) is 44.2 Å². The number of rotatable bonds is 3. The fourth-order valence-electron chi connectivity index (χ4n) is 2.71. The number of thioether (sulfide) groups is 1. The summed E-state index contributed by atoms with van der Waals surface area (Å²) >= 11 is 4.94. The zero-order valence-electron chi connectivity index (χ0n) is 15.3. The second-order valence-electron chi connectivity index (χ2n) is 6.70. The molecule has 134 valence electrons. The Balaban J connectivity index is 1.82. The summed E-state index contributed by atoms with van der Waals surface area (Å²) in [7, 11) is 0. The molecule has 1 fully saturated rings. The van der Waals surface area contributed by atoms with Crippen LogP contribution in [0, 0.1) is 13.8 Å². The number of hydrogen-bond donors (Lipinski definition) is 1. The summed E-state index contributed by atoms with van der Waals surface area (Å²) in [5.74, 6) is 0.393. The minimum absolute atomic E-state index is 0.104. The third kappa shape index (κ3) is 4.27. The first-order valence-corrected chi connectivity index (χ1v) is 10.1. The van der Waals surface area contributed by atoms with Gasteiger partial charge in [-0.05, 0) is 72.0 Å². The molecule has 0 atom stereocenters. The highest BCUT2D eigenvalue weighted by Crippen LogP contribution is 2.31. The average Bonchev–Trinajstić information content (AvgIpc) is 2.92. The van der Waals surface area contributed by atoms with Crippen LogP contribution in [-0.4, -0.2) is 11.1 Å². The molecule has 26 heavy (non-hydrogen) atoms. The van der Waals surface area contributed by atoms with Crippen LogP contribution in [0.4, 0.5) is 5.69 Å². The molecule has 3 rings (SSSR count). The van der Waals surface area contributed by atoms with E-state index in [9.17, 15) is 4.79 Å². The Hall–Kier alpha value is -1.85. The molecule has 1 heterocycles. The van der Waals surface area contributed by atoms with Crippen LogP contribution in [0.1, 0.15) is 42.0 Å². The van der Waals surface area contributed by atoms with E-state index in [2.05, 4.69) is 52.2 Å². The molecule has 1 aliphatic heterocycles. The molecule has 0 aliphatic carbocycles. The summed E-state index contributed by atoms with van der Waals surface area (Å²) < 4.78 is 1.09. The highest BCUT2D eigenvalue weighted by Gasteiger charge is 2.23. The summed E-state index contributed by atoms with van der Waals surface area (Å²) in [5.41, 5.74) is 5.40. The van der Waals surface area contributed by atoms with Gasteiger partial charge in [-0.15, -0.1) is 0 Å². The fraction of sp³-hybridized carbons (Fsp3) is 0.238. The van der Waals surface area contributed by atoms with Gasteiger partial charge in [0, 0.05) is 4.47 Å². The zero-order valence-corrected chi connectivity index (χ0v) is 17.7. The summed E-state index contributed by atoms with van der Waals surface area (Å²) in [6.45, 7) is 8.41. The maximum absolute atomic E-state index is 12.3. The van der Waals surface area contributed by atoms with E-state index in [1.165, 1.54) is 17.3 Å². The van der Waals surface area contributed by atoms with Gasteiger partial charge in [0.1, 0.15) is 0 Å². The maximum atomic E-state index is 12.3.